The quantitative estimate of drug-likeness (QED) is 0.841. The molecule has 0 aromatic heterocycles. The van der Waals surface area contributed by atoms with Crippen molar-refractivity contribution in [1.29, 1.82) is 0 Å². The van der Waals surface area contributed by atoms with E-state index in [1.807, 2.05) is 0 Å². The summed E-state index contributed by atoms with van der Waals surface area (Å²) >= 11 is 0. The summed E-state index contributed by atoms with van der Waals surface area (Å²) in [6.07, 6.45) is 1.22. The maximum absolute atomic E-state index is 10.7. The first kappa shape index (κ1) is 11.8. The van der Waals surface area contributed by atoms with Crippen molar-refractivity contribution in [3.63, 3.8) is 0 Å². The second-order valence-corrected chi connectivity index (χ2v) is 4.43. The molecule has 0 atom stereocenters. The van der Waals surface area contributed by atoms with Gasteiger partial charge in [0.15, 0.2) is 0 Å². The van der Waals surface area contributed by atoms with E-state index in [2.05, 4.69) is 35.3 Å². The largest absolute Gasteiger partial charge is 0.481 e. The van der Waals surface area contributed by atoms with Gasteiger partial charge in [0.25, 0.3) is 0 Å². The van der Waals surface area contributed by atoms with Gasteiger partial charge in [-0.15, -0.1) is 0 Å². The topological polar surface area (TPSA) is 52.6 Å². The molecule has 0 spiro atoms. The molecule has 92 valence electrons. The van der Waals surface area contributed by atoms with Gasteiger partial charge in [0.1, 0.15) is 0 Å². The molecule has 0 radical (unpaired) electrons. The Morgan fingerprint density at radius 2 is 2.35 bits per heavy atom. The molecule has 0 saturated heterocycles. The SMILES string of the molecule is Cc1ccc2c(c1)N(CCC(=O)O)CCCN2. The number of carboxylic acids is 1. The molecule has 4 nitrogen and oxygen atoms in total. The van der Waals surface area contributed by atoms with Crippen LogP contribution >= 0.6 is 0 Å². The van der Waals surface area contributed by atoms with Crippen molar-refractivity contribution in [3.05, 3.63) is 23.8 Å². The first-order valence-electron chi connectivity index (χ1n) is 5.98. The van der Waals surface area contributed by atoms with E-state index in [0.29, 0.717) is 6.54 Å². The number of hydrogen-bond acceptors (Lipinski definition) is 3. The maximum Gasteiger partial charge on any atom is 0.305 e. The molecule has 0 bridgehead atoms. The number of carboxylic acid groups (broad SMARTS) is 1. The van der Waals surface area contributed by atoms with E-state index in [4.69, 9.17) is 5.11 Å². The van der Waals surface area contributed by atoms with E-state index in [-0.39, 0.29) is 6.42 Å². The first-order valence-corrected chi connectivity index (χ1v) is 5.98. The Hall–Kier alpha value is -1.71. The van der Waals surface area contributed by atoms with Crippen LogP contribution in [0, 0.1) is 6.92 Å². The van der Waals surface area contributed by atoms with Crippen LogP contribution in [0.1, 0.15) is 18.4 Å². The molecule has 1 aromatic carbocycles. The standard InChI is InChI=1S/C13H18N2O2/c1-10-3-4-11-12(9-10)15(7-2-6-14-11)8-5-13(16)17/h3-4,9,14H,2,5-8H2,1H3,(H,16,17). The zero-order valence-corrected chi connectivity index (χ0v) is 10.1. The average Bonchev–Trinajstić information content (AvgIpc) is 2.48. The van der Waals surface area contributed by atoms with Gasteiger partial charge in [-0.1, -0.05) is 6.07 Å². The molecule has 17 heavy (non-hydrogen) atoms. The van der Waals surface area contributed by atoms with Crippen molar-refractivity contribution in [2.45, 2.75) is 19.8 Å². The van der Waals surface area contributed by atoms with Crippen LogP contribution in [0.5, 0.6) is 0 Å². The second kappa shape index (κ2) is 5.08. The third kappa shape index (κ3) is 2.90. The van der Waals surface area contributed by atoms with Crippen LogP contribution in [0.3, 0.4) is 0 Å². The molecule has 0 amide bonds. The lowest BCUT2D eigenvalue weighted by atomic mass is 10.1. The van der Waals surface area contributed by atoms with Gasteiger partial charge < -0.3 is 15.3 Å². The zero-order chi connectivity index (χ0) is 12.3. The number of rotatable bonds is 3. The summed E-state index contributed by atoms with van der Waals surface area (Å²) in [4.78, 5) is 12.8. The molecule has 1 heterocycles. The fraction of sp³-hybridized carbons (Fsp3) is 0.462. The van der Waals surface area contributed by atoms with Crippen LogP contribution in [0.25, 0.3) is 0 Å². The van der Waals surface area contributed by atoms with Crippen molar-refractivity contribution in [2.75, 3.05) is 29.9 Å². The minimum Gasteiger partial charge on any atom is -0.481 e. The van der Waals surface area contributed by atoms with Gasteiger partial charge in [0.05, 0.1) is 17.8 Å². The van der Waals surface area contributed by atoms with Crippen molar-refractivity contribution in [1.82, 2.24) is 0 Å². The van der Waals surface area contributed by atoms with E-state index in [0.717, 1.165) is 30.9 Å². The highest BCUT2D eigenvalue weighted by molar-refractivity contribution is 5.73. The van der Waals surface area contributed by atoms with E-state index in [1.165, 1.54) is 5.56 Å². The highest BCUT2D eigenvalue weighted by Crippen LogP contribution is 2.29. The Kier molecular flexibility index (Phi) is 3.52. The fourth-order valence-corrected chi connectivity index (χ4v) is 2.13. The summed E-state index contributed by atoms with van der Waals surface area (Å²) in [5.74, 6) is -0.739. The Balaban J connectivity index is 2.22. The van der Waals surface area contributed by atoms with Gasteiger partial charge >= 0.3 is 5.97 Å². The molecule has 0 fully saturated rings. The molecule has 1 aliphatic rings. The predicted molar refractivity (Wildman–Crippen MR) is 68.8 cm³/mol. The van der Waals surface area contributed by atoms with Crippen molar-refractivity contribution in [3.8, 4) is 0 Å². The first-order chi connectivity index (χ1) is 8.16. The van der Waals surface area contributed by atoms with Gasteiger partial charge in [0, 0.05) is 19.6 Å². The number of carbonyl (C=O) groups is 1. The summed E-state index contributed by atoms with van der Waals surface area (Å²) in [7, 11) is 0. The van der Waals surface area contributed by atoms with E-state index in [9.17, 15) is 4.79 Å². The van der Waals surface area contributed by atoms with Gasteiger partial charge in [-0.2, -0.15) is 0 Å². The average molecular weight is 234 g/mol. The van der Waals surface area contributed by atoms with Crippen LogP contribution in [-0.2, 0) is 4.79 Å². The van der Waals surface area contributed by atoms with Gasteiger partial charge in [-0.25, -0.2) is 0 Å². The fourth-order valence-electron chi connectivity index (χ4n) is 2.13. The van der Waals surface area contributed by atoms with Crippen LogP contribution < -0.4 is 10.2 Å². The van der Waals surface area contributed by atoms with E-state index >= 15 is 0 Å². The second-order valence-electron chi connectivity index (χ2n) is 4.43. The Labute approximate surface area is 101 Å². The highest BCUT2D eigenvalue weighted by Gasteiger charge is 2.15. The van der Waals surface area contributed by atoms with E-state index in [1.54, 1.807) is 0 Å². The van der Waals surface area contributed by atoms with Crippen LogP contribution in [0.15, 0.2) is 18.2 Å². The summed E-state index contributed by atoms with van der Waals surface area (Å²) in [6, 6.07) is 6.27. The summed E-state index contributed by atoms with van der Waals surface area (Å²) in [5.41, 5.74) is 3.44. The summed E-state index contributed by atoms with van der Waals surface area (Å²) in [5, 5.41) is 12.2. The van der Waals surface area contributed by atoms with E-state index < -0.39 is 5.97 Å². The Morgan fingerprint density at radius 1 is 1.53 bits per heavy atom. The third-order valence-corrected chi connectivity index (χ3v) is 3.01. The molecule has 1 aliphatic heterocycles. The number of nitrogens with one attached hydrogen (secondary N) is 1. The number of hydrogen-bond donors (Lipinski definition) is 2. The number of anilines is 2. The molecule has 4 heteroatoms. The van der Waals surface area contributed by atoms with Crippen molar-refractivity contribution < 1.29 is 9.90 Å². The molecule has 2 rings (SSSR count). The number of benzene rings is 1. The molecule has 2 N–H and O–H groups in total. The maximum atomic E-state index is 10.7. The number of aryl methyl sites for hydroxylation is 1. The van der Waals surface area contributed by atoms with Crippen LogP contribution in [0.2, 0.25) is 0 Å². The highest BCUT2D eigenvalue weighted by atomic mass is 16.4. The van der Waals surface area contributed by atoms with Crippen molar-refractivity contribution >= 4 is 17.3 Å². The molecular weight excluding hydrogens is 216 g/mol. The monoisotopic (exact) mass is 234 g/mol. The number of aliphatic carboxylic acids is 1. The third-order valence-electron chi connectivity index (χ3n) is 3.01. The normalized spacial score (nSPS) is 14.8. The lowest BCUT2D eigenvalue weighted by Crippen LogP contribution is -2.26. The minimum atomic E-state index is -0.739. The van der Waals surface area contributed by atoms with Gasteiger partial charge in [-0.05, 0) is 31.0 Å². The molecule has 1 aromatic rings. The van der Waals surface area contributed by atoms with Gasteiger partial charge in [0.2, 0.25) is 0 Å². The predicted octanol–water partition coefficient (Wildman–Crippen LogP) is 2.09. The number of nitrogens with zero attached hydrogens (tertiary/aromatic N) is 1. The zero-order valence-electron chi connectivity index (χ0n) is 10.1. The molecular formula is C13H18N2O2. The lowest BCUT2D eigenvalue weighted by molar-refractivity contribution is -0.136. The van der Waals surface area contributed by atoms with Gasteiger partial charge in [-0.3, -0.25) is 4.79 Å². The molecule has 0 unspecified atom stereocenters. The van der Waals surface area contributed by atoms with Crippen molar-refractivity contribution in [2.24, 2.45) is 0 Å². The summed E-state index contributed by atoms with van der Waals surface area (Å²) < 4.78 is 0. The minimum absolute atomic E-state index is 0.188. The van der Waals surface area contributed by atoms with Crippen LogP contribution in [0.4, 0.5) is 11.4 Å². The van der Waals surface area contributed by atoms with Crippen LogP contribution in [-0.4, -0.2) is 30.7 Å². The summed E-state index contributed by atoms with van der Waals surface area (Å²) in [6.45, 7) is 4.49. The smallest absolute Gasteiger partial charge is 0.305 e. The molecule has 0 aliphatic carbocycles. The lowest BCUT2D eigenvalue weighted by Gasteiger charge is -2.24. The Morgan fingerprint density at radius 3 is 3.12 bits per heavy atom. The Bertz CT molecular complexity index is 418. The number of fused-ring (bicyclic) bond motifs is 1. The molecule has 0 saturated carbocycles.